The normalized spacial score (nSPS) is 13.6. The Bertz CT molecular complexity index is 1280. The maximum absolute atomic E-state index is 11.3. The number of nitrogens with one attached hydrogen (secondary N) is 3. The molecule has 0 aromatic heterocycles. The third-order valence-electron chi connectivity index (χ3n) is 5.63. The minimum Gasteiger partial charge on any atom is -0.487 e. The number of hydrogen-bond acceptors (Lipinski definition) is 5. The van der Waals surface area contributed by atoms with Gasteiger partial charge in [0.2, 0.25) is 0 Å². The number of nitriles is 1. The number of benzene rings is 3. The number of carbonyl (C=O) groups is 1. The van der Waals surface area contributed by atoms with Crippen LogP contribution in [-0.4, -0.2) is 12.5 Å². The smallest absolute Gasteiger partial charge is 0.256 e. The Balaban J connectivity index is 1.27. The molecule has 1 amide bonds. The second kappa shape index (κ2) is 12.1. The minimum absolute atomic E-state index is 0.131. The third-order valence-corrected chi connectivity index (χ3v) is 5.63. The molecular formula is C29H26N4O2. The number of nitrogens with zero attached hydrogens (tertiary/aromatic N) is 1. The van der Waals surface area contributed by atoms with Crippen LogP contribution in [0.5, 0.6) is 5.75 Å². The topological polar surface area (TPSA) is 86.2 Å². The standard InChI is InChI=1S/C29H26N4O2/c30-21-33-28(34)14-13-22-9-11-23(12-10-22)19-31-17-15-25-16-18-32-29-26(25)7-4-8-27(29)35-20-24-5-2-1-3-6-24/h1-14,25,31-32H,15,17,19-20H2,(H,33,34)/b14-13+. The molecule has 0 saturated carbocycles. The summed E-state index contributed by atoms with van der Waals surface area (Å²) in [4.78, 5) is 11.3. The Morgan fingerprint density at radius 2 is 1.89 bits per heavy atom. The number of para-hydroxylation sites is 1. The molecule has 6 nitrogen and oxygen atoms in total. The number of ether oxygens (including phenoxy) is 1. The van der Waals surface area contributed by atoms with Gasteiger partial charge in [0.05, 0.1) is 11.6 Å². The van der Waals surface area contributed by atoms with E-state index in [1.165, 1.54) is 6.08 Å². The summed E-state index contributed by atoms with van der Waals surface area (Å²) in [6.07, 6.45) is 5.51. The summed E-state index contributed by atoms with van der Waals surface area (Å²) in [7, 11) is 0. The van der Waals surface area contributed by atoms with E-state index in [1.807, 2.05) is 54.6 Å². The molecule has 3 aromatic rings. The van der Waals surface area contributed by atoms with Crippen LogP contribution >= 0.6 is 0 Å². The molecule has 174 valence electrons. The van der Waals surface area contributed by atoms with Gasteiger partial charge in [0.1, 0.15) is 12.4 Å². The van der Waals surface area contributed by atoms with E-state index >= 15 is 0 Å². The Hall–Kier alpha value is -4.52. The van der Waals surface area contributed by atoms with Crippen molar-refractivity contribution in [3.63, 3.8) is 0 Å². The molecule has 0 spiro atoms. The highest BCUT2D eigenvalue weighted by Crippen LogP contribution is 2.36. The van der Waals surface area contributed by atoms with Crippen LogP contribution in [0.3, 0.4) is 0 Å². The van der Waals surface area contributed by atoms with Crippen LogP contribution < -0.4 is 20.7 Å². The average Bonchev–Trinajstić information content (AvgIpc) is 2.90. The van der Waals surface area contributed by atoms with E-state index in [9.17, 15) is 4.79 Å². The summed E-state index contributed by atoms with van der Waals surface area (Å²) in [5, 5.41) is 17.2. The van der Waals surface area contributed by atoms with E-state index in [-0.39, 0.29) is 5.92 Å². The van der Waals surface area contributed by atoms with Crippen LogP contribution in [0.15, 0.2) is 78.9 Å². The molecule has 0 fully saturated rings. The minimum atomic E-state index is -0.435. The second-order valence-corrected chi connectivity index (χ2v) is 8.08. The first kappa shape index (κ1) is 23.6. The lowest BCUT2D eigenvalue weighted by Crippen LogP contribution is -2.18. The largest absolute Gasteiger partial charge is 0.487 e. The van der Waals surface area contributed by atoms with E-state index in [0.717, 1.165) is 53.2 Å². The molecule has 1 heterocycles. The Morgan fingerprint density at radius 1 is 1.06 bits per heavy atom. The second-order valence-electron chi connectivity index (χ2n) is 8.08. The molecule has 0 aliphatic carbocycles. The summed E-state index contributed by atoms with van der Waals surface area (Å²) in [5.74, 6) is 3.81. The summed E-state index contributed by atoms with van der Waals surface area (Å²) in [6.45, 7) is 2.08. The van der Waals surface area contributed by atoms with E-state index in [0.29, 0.717) is 6.61 Å². The van der Waals surface area contributed by atoms with Gasteiger partial charge in [-0.25, -0.2) is 0 Å². The predicted molar refractivity (Wildman–Crippen MR) is 137 cm³/mol. The summed E-state index contributed by atoms with van der Waals surface area (Å²) < 4.78 is 6.09. The van der Waals surface area contributed by atoms with Crippen LogP contribution in [0.4, 0.5) is 5.69 Å². The lowest BCUT2D eigenvalue weighted by atomic mass is 9.92. The lowest BCUT2D eigenvalue weighted by Gasteiger charge is -2.21. The molecule has 6 heteroatoms. The highest BCUT2D eigenvalue weighted by atomic mass is 16.5. The Morgan fingerprint density at radius 3 is 2.69 bits per heavy atom. The maximum atomic E-state index is 11.3. The average molecular weight is 463 g/mol. The van der Waals surface area contributed by atoms with Crippen LogP contribution in [0.2, 0.25) is 0 Å². The van der Waals surface area contributed by atoms with Gasteiger partial charge in [0.25, 0.3) is 5.91 Å². The molecule has 1 aliphatic rings. The van der Waals surface area contributed by atoms with Gasteiger partial charge in [-0.2, -0.15) is 5.26 Å². The van der Waals surface area contributed by atoms with Crippen molar-refractivity contribution in [2.24, 2.45) is 0 Å². The maximum Gasteiger partial charge on any atom is 0.256 e. The number of anilines is 1. The van der Waals surface area contributed by atoms with Crippen molar-refractivity contribution in [1.82, 2.24) is 10.6 Å². The molecule has 35 heavy (non-hydrogen) atoms. The van der Waals surface area contributed by atoms with Gasteiger partial charge in [0, 0.05) is 18.7 Å². The molecule has 4 rings (SSSR count). The third kappa shape index (κ3) is 6.74. The van der Waals surface area contributed by atoms with Crippen molar-refractivity contribution < 1.29 is 9.53 Å². The van der Waals surface area contributed by atoms with Gasteiger partial charge in [-0.3, -0.25) is 10.1 Å². The van der Waals surface area contributed by atoms with Crippen molar-refractivity contribution in [1.29, 1.82) is 5.26 Å². The number of amides is 1. The van der Waals surface area contributed by atoms with Crippen LogP contribution in [0, 0.1) is 23.4 Å². The van der Waals surface area contributed by atoms with Gasteiger partial charge in [-0.1, -0.05) is 72.7 Å². The molecule has 3 N–H and O–H groups in total. The van der Waals surface area contributed by atoms with Gasteiger partial charge in [-0.05, 0) is 47.4 Å². The molecule has 1 aliphatic heterocycles. The highest BCUT2D eigenvalue weighted by Gasteiger charge is 2.19. The molecule has 3 aromatic carbocycles. The fourth-order valence-corrected chi connectivity index (χ4v) is 3.81. The zero-order valence-electron chi connectivity index (χ0n) is 19.3. The van der Waals surface area contributed by atoms with Crippen LogP contribution in [0.1, 0.15) is 34.6 Å². The SMILES string of the molecule is N#CNC(=O)/C=C/c1ccc(CNCCC2C#CNc3c(OCc4ccccc4)cccc32)cc1. The van der Waals surface area contributed by atoms with Gasteiger partial charge < -0.3 is 15.4 Å². The first-order valence-corrected chi connectivity index (χ1v) is 11.5. The number of rotatable bonds is 10. The first-order chi connectivity index (χ1) is 17.2. The van der Waals surface area contributed by atoms with E-state index in [1.54, 1.807) is 12.3 Å². The zero-order chi connectivity index (χ0) is 24.3. The highest BCUT2D eigenvalue weighted by molar-refractivity contribution is 5.92. The number of hydrogen-bond donors (Lipinski definition) is 3. The molecule has 0 saturated heterocycles. The predicted octanol–water partition coefficient (Wildman–Crippen LogP) is 4.53. The van der Waals surface area contributed by atoms with Crippen molar-refractivity contribution in [2.45, 2.75) is 25.5 Å². The fourth-order valence-electron chi connectivity index (χ4n) is 3.81. The molecule has 0 radical (unpaired) electrons. The van der Waals surface area contributed by atoms with Crippen molar-refractivity contribution in [3.05, 3.63) is 101 Å². The first-order valence-electron chi connectivity index (χ1n) is 11.5. The molecule has 1 unspecified atom stereocenters. The van der Waals surface area contributed by atoms with E-state index in [2.05, 4.69) is 46.1 Å². The van der Waals surface area contributed by atoms with Gasteiger partial charge in [0.15, 0.2) is 6.19 Å². The van der Waals surface area contributed by atoms with Gasteiger partial charge in [-0.15, -0.1) is 0 Å². The number of carbonyl (C=O) groups excluding carboxylic acids is 1. The van der Waals surface area contributed by atoms with Gasteiger partial charge >= 0.3 is 0 Å². The van der Waals surface area contributed by atoms with Crippen LogP contribution in [-0.2, 0) is 17.9 Å². The Kier molecular flexibility index (Phi) is 8.16. The van der Waals surface area contributed by atoms with Crippen molar-refractivity contribution >= 4 is 17.7 Å². The van der Waals surface area contributed by atoms with E-state index < -0.39 is 5.91 Å². The van der Waals surface area contributed by atoms with Crippen molar-refractivity contribution in [3.8, 4) is 23.9 Å². The van der Waals surface area contributed by atoms with Crippen LogP contribution in [0.25, 0.3) is 6.08 Å². The molecule has 1 atom stereocenters. The summed E-state index contributed by atoms with van der Waals surface area (Å²) in [5.41, 5.74) is 5.29. The molecule has 0 bridgehead atoms. The van der Waals surface area contributed by atoms with Crippen molar-refractivity contribution in [2.75, 3.05) is 11.9 Å². The summed E-state index contributed by atoms with van der Waals surface area (Å²) >= 11 is 0. The van der Waals surface area contributed by atoms with E-state index in [4.69, 9.17) is 10.00 Å². The summed E-state index contributed by atoms with van der Waals surface area (Å²) in [6, 6.07) is 27.2. The zero-order valence-corrected chi connectivity index (χ0v) is 19.3. The lowest BCUT2D eigenvalue weighted by molar-refractivity contribution is -0.115. The Labute approximate surface area is 205 Å². The fraction of sp³-hybridized carbons (Fsp3) is 0.172. The monoisotopic (exact) mass is 462 g/mol. The number of fused-ring (bicyclic) bond motifs is 1. The molecular weight excluding hydrogens is 436 g/mol. The quantitative estimate of drug-likeness (QED) is 0.136.